The van der Waals surface area contributed by atoms with E-state index in [-0.39, 0.29) is 23.7 Å². The van der Waals surface area contributed by atoms with Crippen LogP contribution in [0.2, 0.25) is 0 Å². The van der Waals surface area contributed by atoms with Crippen LogP contribution in [0.15, 0.2) is 59.5 Å². The zero-order valence-corrected chi connectivity index (χ0v) is 16.6. The van der Waals surface area contributed by atoms with E-state index < -0.39 is 0 Å². The van der Waals surface area contributed by atoms with Gasteiger partial charge in [0.05, 0.1) is 18.3 Å². The smallest absolute Gasteiger partial charge is 0.253 e. The third-order valence-corrected chi connectivity index (χ3v) is 4.78. The van der Waals surface area contributed by atoms with Gasteiger partial charge >= 0.3 is 0 Å². The van der Waals surface area contributed by atoms with Crippen LogP contribution in [0, 0.1) is 0 Å². The molecule has 2 amide bonds. The molecule has 1 N–H and O–H groups in total. The normalized spacial score (nSPS) is 10.7. The van der Waals surface area contributed by atoms with Crippen LogP contribution >= 0.6 is 0 Å². The highest BCUT2D eigenvalue weighted by Gasteiger charge is 2.12. The summed E-state index contributed by atoms with van der Waals surface area (Å²) in [6, 6.07) is 14.1. The number of aromatic nitrogens is 2. The average Bonchev–Trinajstić information content (AvgIpc) is 2.75. The number of rotatable bonds is 7. The second-order valence-corrected chi connectivity index (χ2v) is 6.60. The summed E-state index contributed by atoms with van der Waals surface area (Å²) < 4.78 is 1.65. The lowest BCUT2D eigenvalue weighted by atomic mass is 10.1. The lowest BCUT2D eigenvalue weighted by molar-refractivity contribution is -0.116. The van der Waals surface area contributed by atoms with Gasteiger partial charge in [-0.3, -0.25) is 19.1 Å². The Labute approximate surface area is 169 Å². The molecule has 0 saturated carbocycles. The SMILES string of the molecule is CCN(CC)C(=O)c1ccc(NC(=O)CCn2ncc(=O)c3ccccc32)cc1. The van der Waals surface area contributed by atoms with Crippen molar-refractivity contribution in [3.8, 4) is 0 Å². The first-order valence-electron chi connectivity index (χ1n) is 9.67. The third-order valence-electron chi connectivity index (χ3n) is 4.78. The quantitative estimate of drug-likeness (QED) is 0.670. The van der Waals surface area contributed by atoms with Crippen LogP contribution in [-0.4, -0.2) is 39.6 Å². The number of aryl methyl sites for hydroxylation is 1. The Balaban J connectivity index is 1.62. The number of nitrogens with zero attached hydrogens (tertiary/aromatic N) is 3. The van der Waals surface area contributed by atoms with Gasteiger partial charge in [0.2, 0.25) is 11.3 Å². The van der Waals surface area contributed by atoms with Gasteiger partial charge in [0.15, 0.2) is 0 Å². The van der Waals surface area contributed by atoms with Crippen molar-refractivity contribution in [1.82, 2.24) is 14.7 Å². The highest BCUT2D eigenvalue weighted by atomic mass is 16.2. The minimum Gasteiger partial charge on any atom is -0.339 e. The molecule has 150 valence electrons. The minimum absolute atomic E-state index is 0.0240. The lowest BCUT2D eigenvalue weighted by Gasteiger charge is -2.18. The van der Waals surface area contributed by atoms with E-state index in [4.69, 9.17) is 0 Å². The number of para-hydroxylation sites is 1. The molecule has 7 nitrogen and oxygen atoms in total. The lowest BCUT2D eigenvalue weighted by Crippen LogP contribution is -2.30. The fourth-order valence-corrected chi connectivity index (χ4v) is 3.16. The first-order valence-corrected chi connectivity index (χ1v) is 9.67. The van der Waals surface area contributed by atoms with Crippen molar-refractivity contribution in [2.45, 2.75) is 26.8 Å². The molecule has 0 saturated heterocycles. The predicted octanol–water partition coefficient (Wildman–Crippen LogP) is 2.91. The number of fused-ring (bicyclic) bond motifs is 1. The molecule has 1 heterocycles. The molecular formula is C22H24N4O3. The van der Waals surface area contributed by atoms with E-state index >= 15 is 0 Å². The Bertz CT molecular complexity index is 1070. The van der Waals surface area contributed by atoms with Crippen LogP contribution < -0.4 is 10.7 Å². The van der Waals surface area contributed by atoms with Crippen molar-refractivity contribution in [2.75, 3.05) is 18.4 Å². The molecule has 7 heteroatoms. The van der Waals surface area contributed by atoms with Gasteiger partial charge in [-0.2, -0.15) is 5.10 Å². The van der Waals surface area contributed by atoms with E-state index in [0.717, 1.165) is 0 Å². The number of amides is 2. The Morgan fingerprint density at radius 2 is 1.72 bits per heavy atom. The maximum atomic E-state index is 12.3. The molecule has 0 aliphatic carbocycles. The summed E-state index contributed by atoms with van der Waals surface area (Å²) in [6.07, 6.45) is 1.48. The summed E-state index contributed by atoms with van der Waals surface area (Å²) in [4.78, 5) is 38.3. The number of hydrogen-bond donors (Lipinski definition) is 1. The van der Waals surface area contributed by atoms with E-state index in [9.17, 15) is 14.4 Å². The predicted molar refractivity (Wildman–Crippen MR) is 113 cm³/mol. The van der Waals surface area contributed by atoms with Crippen LogP contribution in [0.1, 0.15) is 30.6 Å². The van der Waals surface area contributed by atoms with Crippen molar-refractivity contribution in [1.29, 1.82) is 0 Å². The Hall–Kier alpha value is -3.48. The van der Waals surface area contributed by atoms with E-state index in [1.54, 1.807) is 46.0 Å². The zero-order valence-electron chi connectivity index (χ0n) is 16.6. The summed E-state index contributed by atoms with van der Waals surface area (Å²) in [5.74, 6) is -0.193. The molecule has 0 aliphatic rings. The van der Waals surface area contributed by atoms with Crippen LogP contribution in [0.25, 0.3) is 10.9 Å². The molecule has 0 aliphatic heterocycles. The summed E-state index contributed by atoms with van der Waals surface area (Å²) in [7, 11) is 0. The first-order chi connectivity index (χ1) is 14.0. The van der Waals surface area contributed by atoms with E-state index in [1.165, 1.54) is 6.20 Å². The van der Waals surface area contributed by atoms with Crippen molar-refractivity contribution >= 4 is 28.4 Å². The maximum Gasteiger partial charge on any atom is 0.253 e. The second-order valence-electron chi connectivity index (χ2n) is 6.60. The van der Waals surface area contributed by atoms with Gasteiger partial charge in [-0.05, 0) is 50.2 Å². The van der Waals surface area contributed by atoms with Crippen molar-refractivity contribution in [3.63, 3.8) is 0 Å². The maximum absolute atomic E-state index is 12.3. The monoisotopic (exact) mass is 392 g/mol. The number of nitrogens with one attached hydrogen (secondary N) is 1. The zero-order chi connectivity index (χ0) is 20.8. The number of hydrogen-bond acceptors (Lipinski definition) is 4. The van der Waals surface area contributed by atoms with E-state index in [1.807, 2.05) is 26.0 Å². The molecule has 3 rings (SSSR count). The topological polar surface area (TPSA) is 84.3 Å². The average molecular weight is 392 g/mol. The molecular weight excluding hydrogens is 368 g/mol. The molecule has 0 radical (unpaired) electrons. The Morgan fingerprint density at radius 1 is 1.03 bits per heavy atom. The summed E-state index contributed by atoms with van der Waals surface area (Å²) in [5.41, 5.74) is 1.78. The molecule has 1 aromatic heterocycles. The van der Waals surface area contributed by atoms with Crippen LogP contribution in [0.5, 0.6) is 0 Å². The molecule has 0 unspecified atom stereocenters. The number of carbonyl (C=O) groups is 2. The van der Waals surface area contributed by atoms with E-state index in [2.05, 4.69) is 10.4 Å². The summed E-state index contributed by atoms with van der Waals surface area (Å²) >= 11 is 0. The fraction of sp³-hybridized carbons (Fsp3) is 0.273. The van der Waals surface area contributed by atoms with Crippen molar-refractivity contribution in [2.24, 2.45) is 0 Å². The largest absolute Gasteiger partial charge is 0.339 e. The Kier molecular flexibility index (Phi) is 6.39. The molecule has 3 aromatic rings. The van der Waals surface area contributed by atoms with Gasteiger partial charge in [0.1, 0.15) is 0 Å². The molecule has 0 spiro atoms. The van der Waals surface area contributed by atoms with Gasteiger partial charge in [-0.25, -0.2) is 0 Å². The third kappa shape index (κ3) is 4.68. The molecule has 0 bridgehead atoms. The number of carbonyl (C=O) groups excluding carboxylic acids is 2. The molecule has 0 fully saturated rings. The Morgan fingerprint density at radius 3 is 2.41 bits per heavy atom. The summed E-state index contributed by atoms with van der Waals surface area (Å²) in [5, 5.41) is 7.54. The molecule has 0 atom stereocenters. The van der Waals surface area contributed by atoms with Gasteiger partial charge in [-0.1, -0.05) is 12.1 Å². The van der Waals surface area contributed by atoms with Crippen molar-refractivity contribution in [3.05, 3.63) is 70.5 Å². The van der Waals surface area contributed by atoms with Gasteiger partial charge in [0.25, 0.3) is 5.91 Å². The summed E-state index contributed by atoms with van der Waals surface area (Å²) in [6.45, 7) is 5.54. The fourth-order valence-electron chi connectivity index (χ4n) is 3.16. The minimum atomic E-state index is -0.169. The van der Waals surface area contributed by atoms with Gasteiger partial charge in [0, 0.05) is 36.1 Å². The van der Waals surface area contributed by atoms with Gasteiger partial charge in [-0.15, -0.1) is 0 Å². The first kappa shape index (κ1) is 20.3. The van der Waals surface area contributed by atoms with Crippen LogP contribution in [0.4, 0.5) is 5.69 Å². The highest BCUT2D eigenvalue weighted by Crippen LogP contribution is 2.13. The van der Waals surface area contributed by atoms with Crippen LogP contribution in [-0.2, 0) is 11.3 Å². The second kappa shape index (κ2) is 9.14. The number of anilines is 1. The molecule has 29 heavy (non-hydrogen) atoms. The highest BCUT2D eigenvalue weighted by molar-refractivity contribution is 5.95. The standard InChI is InChI=1S/C22H24N4O3/c1-3-25(4-2)22(29)16-9-11-17(12-10-16)24-21(28)13-14-26-19-8-6-5-7-18(19)20(27)15-23-26/h5-12,15H,3-4,13-14H2,1-2H3,(H,24,28). The number of benzene rings is 2. The van der Waals surface area contributed by atoms with Crippen LogP contribution in [0.3, 0.4) is 0 Å². The van der Waals surface area contributed by atoms with E-state index in [0.29, 0.717) is 41.8 Å². The molecule has 2 aromatic carbocycles. The van der Waals surface area contributed by atoms with Gasteiger partial charge < -0.3 is 10.2 Å². The van der Waals surface area contributed by atoms with Crippen molar-refractivity contribution < 1.29 is 9.59 Å².